The molecule has 0 aliphatic carbocycles. The molecule has 1 unspecified atom stereocenters. The van der Waals surface area contributed by atoms with E-state index in [0.29, 0.717) is 17.8 Å². The van der Waals surface area contributed by atoms with Crippen LogP contribution in [0.2, 0.25) is 0 Å². The Morgan fingerprint density at radius 1 is 1.16 bits per heavy atom. The average molecular weight is 446 g/mol. The van der Waals surface area contributed by atoms with E-state index in [9.17, 15) is 18.0 Å². The lowest BCUT2D eigenvalue weighted by Gasteiger charge is -2.32. The van der Waals surface area contributed by atoms with Crippen LogP contribution in [0.25, 0.3) is 0 Å². The fourth-order valence-corrected chi connectivity index (χ4v) is 4.68. The predicted molar refractivity (Wildman–Crippen MR) is 118 cm³/mol. The zero-order valence-electron chi connectivity index (χ0n) is 17.5. The van der Waals surface area contributed by atoms with Crippen LogP contribution in [-0.4, -0.2) is 44.3 Å². The molecule has 1 atom stereocenters. The number of carbonyl (C=O) groups is 2. The van der Waals surface area contributed by atoms with Crippen LogP contribution in [0.1, 0.15) is 37.0 Å². The highest BCUT2D eigenvalue weighted by Gasteiger charge is 2.24. The maximum atomic E-state index is 12.5. The predicted octanol–water partition coefficient (Wildman–Crippen LogP) is 1.72. The van der Waals surface area contributed by atoms with Crippen molar-refractivity contribution in [3.63, 3.8) is 0 Å². The van der Waals surface area contributed by atoms with Gasteiger partial charge in [-0.2, -0.15) is 0 Å². The Morgan fingerprint density at radius 3 is 2.45 bits per heavy atom. The molecule has 1 aliphatic rings. The Kier molecular flexibility index (Phi) is 6.91. The number of nitrogens with two attached hydrogens (primary N) is 1. The van der Waals surface area contributed by atoms with Gasteiger partial charge in [0.25, 0.3) is 5.91 Å². The van der Waals surface area contributed by atoms with Crippen LogP contribution in [0.15, 0.2) is 47.5 Å². The van der Waals surface area contributed by atoms with Crippen molar-refractivity contribution in [2.75, 3.05) is 23.3 Å². The number of pyridine rings is 1. The van der Waals surface area contributed by atoms with Crippen LogP contribution in [-0.2, 0) is 14.8 Å². The van der Waals surface area contributed by atoms with Gasteiger partial charge in [-0.1, -0.05) is 0 Å². The van der Waals surface area contributed by atoms with Crippen molar-refractivity contribution in [2.24, 2.45) is 11.7 Å². The number of piperidine rings is 1. The van der Waals surface area contributed by atoms with Gasteiger partial charge in [0.2, 0.25) is 15.9 Å². The minimum absolute atomic E-state index is 0.0968. The van der Waals surface area contributed by atoms with Gasteiger partial charge in [-0.05, 0) is 63.1 Å². The minimum atomic E-state index is -3.61. The first kappa shape index (κ1) is 22.7. The van der Waals surface area contributed by atoms with Gasteiger partial charge in [0, 0.05) is 24.7 Å². The van der Waals surface area contributed by atoms with E-state index in [4.69, 9.17) is 5.73 Å². The topological polar surface area (TPSA) is 134 Å². The van der Waals surface area contributed by atoms with E-state index in [1.165, 1.54) is 24.3 Å². The Bertz CT molecular complexity index is 1040. The van der Waals surface area contributed by atoms with Crippen molar-refractivity contribution in [2.45, 2.75) is 37.6 Å². The summed E-state index contributed by atoms with van der Waals surface area (Å²) in [5, 5.41) is 2.75. The second kappa shape index (κ2) is 9.44. The van der Waals surface area contributed by atoms with E-state index >= 15 is 0 Å². The molecule has 166 valence electrons. The highest BCUT2D eigenvalue weighted by molar-refractivity contribution is 7.89. The average Bonchev–Trinajstić information content (AvgIpc) is 2.73. The molecule has 1 aromatic heterocycles. The second-order valence-electron chi connectivity index (χ2n) is 7.85. The summed E-state index contributed by atoms with van der Waals surface area (Å²) in [4.78, 5) is 30.4. The summed E-state index contributed by atoms with van der Waals surface area (Å²) in [6.07, 6.45) is 3.20. The molecule has 9 nitrogen and oxygen atoms in total. The van der Waals surface area contributed by atoms with Gasteiger partial charge < -0.3 is 16.0 Å². The molecular weight excluding hydrogens is 418 g/mol. The number of sulfonamides is 1. The molecule has 10 heteroatoms. The molecule has 0 saturated carbocycles. The van der Waals surface area contributed by atoms with Gasteiger partial charge in [-0.3, -0.25) is 9.59 Å². The first-order valence-electron chi connectivity index (χ1n) is 10.1. The maximum absolute atomic E-state index is 12.5. The summed E-state index contributed by atoms with van der Waals surface area (Å²) in [7, 11) is -3.61. The zero-order chi connectivity index (χ0) is 22.6. The fraction of sp³-hybridized carbons (Fsp3) is 0.381. The van der Waals surface area contributed by atoms with Gasteiger partial charge >= 0.3 is 0 Å². The Morgan fingerprint density at radius 2 is 1.87 bits per heavy atom. The molecule has 1 aromatic carbocycles. The third-order valence-corrected chi connectivity index (χ3v) is 6.65. The molecule has 4 N–H and O–H groups in total. The maximum Gasteiger partial charge on any atom is 0.255 e. The molecule has 3 rings (SSSR count). The quantitative estimate of drug-likeness (QED) is 0.594. The number of benzene rings is 1. The number of nitrogens with one attached hydrogen (secondary N) is 2. The number of hydrogen-bond acceptors (Lipinski definition) is 6. The lowest BCUT2D eigenvalue weighted by molar-refractivity contribution is -0.122. The van der Waals surface area contributed by atoms with Crippen LogP contribution >= 0.6 is 0 Å². The largest absolute Gasteiger partial charge is 0.369 e. The summed E-state index contributed by atoms with van der Waals surface area (Å²) < 4.78 is 26.9. The standard InChI is InChI=1S/C21H27N5O4S/c1-14(2)25-31(29,30)18-8-5-15(6-9-18)21(28)24-17-7-10-19(23-12-17)26-11-3-4-16(13-26)20(22)27/h5-10,12,14,16,25H,3-4,11,13H2,1-2H3,(H2,22,27)(H,24,28). The first-order chi connectivity index (χ1) is 14.7. The van der Waals surface area contributed by atoms with Gasteiger partial charge in [-0.15, -0.1) is 0 Å². The summed E-state index contributed by atoms with van der Waals surface area (Å²) in [6, 6.07) is 9.01. The van der Waals surface area contributed by atoms with Crippen molar-refractivity contribution in [3.05, 3.63) is 48.2 Å². The van der Waals surface area contributed by atoms with Gasteiger partial charge in [-0.25, -0.2) is 18.1 Å². The van der Waals surface area contributed by atoms with E-state index in [1.54, 1.807) is 32.2 Å². The first-order valence-corrected chi connectivity index (χ1v) is 11.6. The van der Waals surface area contributed by atoms with Gasteiger partial charge in [0.1, 0.15) is 5.82 Å². The number of hydrogen-bond donors (Lipinski definition) is 3. The molecule has 0 bridgehead atoms. The van der Waals surface area contributed by atoms with Crippen molar-refractivity contribution in [3.8, 4) is 0 Å². The van der Waals surface area contributed by atoms with Crippen LogP contribution in [0.5, 0.6) is 0 Å². The Labute approximate surface area is 182 Å². The summed E-state index contributed by atoms with van der Waals surface area (Å²) in [5.74, 6) is -0.136. The van der Waals surface area contributed by atoms with E-state index in [0.717, 1.165) is 25.2 Å². The third kappa shape index (κ3) is 5.80. The molecule has 2 aromatic rings. The Balaban J connectivity index is 1.64. The normalized spacial score (nSPS) is 16.9. The van der Waals surface area contributed by atoms with Crippen LogP contribution in [0.4, 0.5) is 11.5 Å². The van der Waals surface area contributed by atoms with E-state index in [2.05, 4.69) is 15.0 Å². The molecule has 2 amide bonds. The molecule has 1 saturated heterocycles. The van der Waals surface area contributed by atoms with Crippen LogP contribution < -0.4 is 20.7 Å². The van der Waals surface area contributed by atoms with E-state index < -0.39 is 10.0 Å². The molecule has 31 heavy (non-hydrogen) atoms. The lowest BCUT2D eigenvalue weighted by atomic mass is 9.97. The summed E-state index contributed by atoms with van der Waals surface area (Å²) in [6.45, 7) is 4.80. The van der Waals surface area contributed by atoms with Crippen LogP contribution in [0.3, 0.4) is 0 Å². The Hall–Kier alpha value is -2.98. The smallest absolute Gasteiger partial charge is 0.255 e. The van der Waals surface area contributed by atoms with E-state index in [-0.39, 0.29) is 28.7 Å². The monoisotopic (exact) mass is 445 g/mol. The molecular formula is C21H27N5O4S. The fourth-order valence-electron chi connectivity index (χ4n) is 3.43. The lowest BCUT2D eigenvalue weighted by Crippen LogP contribution is -2.41. The highest BCUT2D eigenvalue weighted by Crippen LogP contribution is 2.22. The second-order valence-corrected chi connectivity index (χ2v) is 9.56. The van der Waals surface area contributed by atoms with E-state index in [1.807, 2.05) is 4.90 Å². The number of anilines is 2. The van der Waals surface area contributed by atoms with Crippen molar-refractivity contribution in [1.82, 2.24) is 9.71 Å². The molecule has 2 heterocycles. The minimum Gasteiger partial charge on any atom is -0.369 e. The third-order valence-electron chi connectivity index (χ3n) is 4.97. The van der Waals surface area contributed by atoms with Gasteiger partial charge in [0.05, 0.1) is 22.7 Å². The summed E-state index contributed by atoms with van der Waals surface area (Å²) >= 11 is 0. The number of rotatable bonds is 7. The molecule has 1 aliphatic heterocycles. The van der Waals surface area contributed by atoms with Crippen molar-refractivity contribution in [1.29, 1.82) is 0 Å². The van der Waals surface area contributed by atoms with Crippen LogP contribution in [0, 0.1) is 5.92 Å². The SMILES string of the molecule is CC(C)NS(=O)(=O)c1ccc(C(=O)Nc2ccc(N3CCCC(C(N)=O)C3)nc2)cc1. The van der Waals surface area contributed by atoms with Crippen molar-refractivity contribution < 1.29 is 18.0 Å². The number of primary amides is 1. The molecule has 0 radical (unpaired) electrons. The number of nitrogens with zero attached hydrogens (tertiary/aromatic N) is 2. The van der Waals surface area contributed by atoms with Crippen molar-refractivity contribution >= 4 is 33.3 Å². The molecule has 0 spiro atoms. The highest BCUT2D eigenvalue weighted by atomic mass is 32.2. The number of carbonyl (C=O) groups excluding carboxylic acids is 2. The zero-order valence-corrected chi connectivity index (χ0v) is 18.4. The molecule has 1 fully saturated rings. The van der Waals surface area contributed by atoms with Gasteiger partial charge in [0.15, 0.2) is 0 Å². The summed E-state index contributed by atoms with van der Waals surface area (Å²) in [5.41, 5.74) is 6.26. The number of amides is 2. The number of aromatic nitrogens is 1.